The summed E-state index contributed by atoms with van der Waals surface area (Å²) in [5, 5.41) is 0. The van der Waals surface area contributed by atoms with E-state index in [0.29, 0.717) is 37.0 Å². The maximum absolute atomic E-state index is 12.0. The first-order chi connectivity index (χ1) is 12.3. The number of nitrogens with zero attached hydrogens (tertiary/aromatic N) is 4. The summed E-state index contributed by atoms with van der Waals surface area (Å²) in [7, 11) is 0. The predicted molar refractivity (Wildman–Crippen MR) is 89.6 cm³/mol. The fraction of sp³-hybridized carbons (Fsp3) is 0.412. The van der Waals surface area contributed by atoms with Crippen LogP contribution in [0.25, 0.3) is 0 Å². The molecular weight excluding hydrogens is 324 g/mol. The topological polar surface area (TPSA) is 86.7 Å². The van der Waals surface area contributed by atoms with Gasteiger partial charge in [-0.1, -0.05) is 0 Å². The van der Waals surface area contributed by atoms with Crippen LogP contribution in [0.5, 0.6) is 5.75 Å². The second kappa shape index (κ2) is 8.39. The Morgan fingerprint density at radius 3 is 2.92 bits per heavy atom. The number of morpholine rings is 1. The van der Waals surface area contributed by atoms with Gasteiger partial charge in [0, 0.05) is 25.5 Å². The lowest BCUT2D eigenvalue weighted by Crippen LogP contribution is -2.36. The molecule has 132 valence electrons. The zero-order valence-corrected chi connectivity index (χ0v) is 14.1. The summed E-state index contributed by atoms with van der Waals surface area (Å²) in [6.45, 7) is 5.16. The molecule has 0 spiro atoms. The van der Waals surface area contributed by atoms with Crippen molar-refractivity contribution < 1.29 is 19.0 Å². The first kappa shape index (κ1) is 17.1. The average molecular weight is 344 g/mol. The van der Waals surface area contributed by atoms with Crippen molar-refractivity contribution in [1.82, 2.24) is 15.0 Å². The van der Waals surface area contributed by atoms with E-state index in [9.17, 15) is 4.79 Å². The van der Waals surface area contributed by atoms with E-state index in [4.69, 9.17) is 14.2 Å². The summed E-state index contributed by atoms with van der Waals surface area (Å²) >= 11 is 0. The van der Waals surface area contributed by atoms with Crippen molar-refractivity contribution in [2.24, 2.45) is 0 Å². The number of carbonyl (C=O) groups excluding carboxylic acids is 1. The fourth-order valence-electron chi connectivity index (χ4n) is 2.44. The van der Waals surface area contributed by atoms with Crippen LogP contribution < -0.4 is 9.64 Å². The fourth-order valence-corrected chi connectivity index (χ4v) is 2.44. The van der Waals surface area contributed by atoms with E-state index in [1.54, 1.807) is 19.2 Å². The highest BCUT2D eigenvalue weighted by Crippen LogP contribution is 2.19. The van der Waals surface area contributed by atoms with Gasteiger partial charge < -0.3 is 19.1 Å². The Labute approximate surface area is 145 Å². The second-order valence-electron chi connectivity index (χ2n) is 5.31. The third-order valence-electron chi connectivity index (χ3n) is 3.66. The number of esters is 1. The molecule has 0 amide bonds. The Hall–Kier alpha value is -2.74. The molecule has 0 aromatic carbocycles. The number of pyridine rings is 1. The number of carbonyl (C=O) groups is 1. The molecule has 1 saturated heterocycles. The van der Waals surface area contributed by atoms with Crippen LogP contribution in [0.15, 0.2) is 30.7 Å². The van der Waals surface area contributed by atoms with E-state index in [1.165, 1.54) is 12.4 Å². The predicted octanol–water partition coefficient (Wildman–Crippen LogP) is 1.46. The average Bonchev–Trinajstić information content (AvgIpc) is 2.68. The van der Waals surface area contributed by atoms with Crippen molar-refractivity contribution in [2.45, 2.75) is 13.5 Å². The van der Waals surface area contributed by atoms with Crippen molar-refractivity contribution in [3.63, 3.8) is 0 Å². The zero-order chi connectivity index (χ0) is 17.5. The largest absolute Gasteiger partial charge is 0.483 e. The molecule has 8 nitrogen and oxygen atoms in total. The summed E-state index contributed by atoms with van der Waals surface area (Å²) < 4.78 is 16.1. The van der Waals surface area contributed by atoms with Crippen molar-refractivity contribution in [3.05, 3.63) is 42.1 Å². The van der Waals surface area contributed by atoms with Gasteiger partial charge in [-0.3, -0.25) is 4.98 Å². The van der Waals surface area contributed by atoms with Crippen molar-refractivity contribution in [1.29, 1.82) is 0 Å². The molecule has 0 aliphatic carbocycles. The second-order valence-corrected chi connectivity index (χ2v) is 5.31. The van der Waals surface area contributed by atoms with Crippen LogP contribution in [0.1, 0.15) is 23.1 Å². The van der Waals surface area contributed by atoms with E-state index < -0.39 is 5.97 Å². The lowest BCUT2D eigenvalue weighted by Gasteiger charge is -2.27. The first-order valence-corrected chi connectivity index (χ1v) is 8.16. The third-order valence-corrected chi connectivity index (χ3v) is 3.66. The van der Waals surface area contributed by atoms with Crippen LogP contribution in [0.2, 0.25) is 0 Å². The van der Waals surface area contributed by atoms with E-state index in [1.807, 2.05) is 6.07 Å². The Balaban J connectivity index is 1.69. The Bertz CT molecular complexity index is 719. The smallest absolute Gasteiger partial charge is 0.342 e. The van der Waals surface area contributed by atoms with Gasteiger partial charge in [0.15, 0.2) is 11.6 Å². The summed E-state index contributed by atoms with van der Waals surface area (Å²) in [6.07, 6.45) is 4.71. The number of ether oxygens (including phenoxy) is 3. The molecule has 25 heavy (non-hydrogen) atoms. The maximum Gasteiger partial charge on any atom is 0.342 e. The summed E-state index contributed by atoms with van der Waals surface area (Å²) in [4.78, 5) is 26.8. The highest BCUT2D eigenvalue weighted by molar-refractivity contribution is 5.92. The van der Waals surface area contributed by atoms with Gasteiger partial charge in [0.25, 0.3) is 0 Å². The zero-order valence-electron chi connectivity index (χ0n) is 14.1. The number of aromatic nitrogens is 3. The molecule has 3 heterocycles. The molecule has 1 aliphatic heterocycles. The molecule has 2 aromatic rings. The normalized spacial score (nSPS) is 14.2. The van der Waals surface area contributed by atoms with Crippen LogP contribution in [0.4, 0.5) is 5.82 Å². The van der Waals surface area contributed by atoms with Crippen molar-refractivity contribution in [2.75, 3.05) is 37.8 Å². The molecule has 0 radical (unpaired) electrons. The molecule has 2 aromatic heterocycles. The Morgan fingerprint density at radius 2 is 2.12 bits per heavy atom. The molecule has 0 unspecified atom stereocenters. The van der Waals surface area contributed by atoms with E-state index in [0.717, 1.165) is 18.9 Å². The third kappa shape index (κ3) is 4.42. The number of hydrogen-bond acceptors (Lipinski definition) is 8. The minimum atomic E-state index is -0.442. The highest BCUT2D eigenvalue weighted by atomic mass is 16.5. The summed E-state index contributed by atoms with van der Waals surface area (Å²) in [5.74, 6) is 1.28. The van der Waals surface area contributed by atoms with Gasteiger partial charge in [-0.2, -0.15) is 0 Å². The highest BCUT2D eigenvalue weighted by Gasteiger charge is 2.15. The standard InChI is InChI=1S/C17H20N4O4/c1-2-24-17(22)13-3-5-18-11-14(13)25-12-15-19-6-4-16(20-15)21-7-9-23-10-8-21/h3-6,11H,2,7-10,12H2,1H3. The van der Waals surface area contributed by atoms with Crippen LogP contribution >= 0.6 is 0 Å². The molecular formula is C17H20N4O4. The van der Waals surface area contributed by atoms with E-state index in [2.05, 4.69) is 19.9 Å². The van der Waals surface area contributed by atoms with Gasteiger partial charge in [-0.15, -0.1) is 0 Å². The molecule has 0 atom stereocenters. The quantitative estimate of drug-likeness (QED) is 0.728. The van der Waals surface area contributed by atoms with Gasteiger partial charge in [-0.05, 0) is 19.1 Å². The van der Waals surface area contributed by atoms with E-state index >= 15 is 0 Å². The SMILES string of the molecule is CCOC(=O)c1ccncc1OCc1nccc(N2CCOCC2)n1. The van der Waals surface area contributed by atoms with Crippen molar-refractivity contribution in [3.8, 4) is 5.75 Å². The first-order valence-electron chi connectivity index (χ1n) is 8.16. The van der Waals surface area contributed by atoms with Crippen molar-refractivity contribution >= 4 is 11.8 Å². The minimum Gasteiger partial charge on any atom is -0.483 e. The lowest BCUT2D eigenvalue weighted by molar-refractivity contribution is 0.0521. The maximum atomic E-state index is 12.0. The minimum absolute atomic E-state index is 0.135. The van der Waals surface area contributed by atoms with E-state index in [-0.39, 0.29) is 6.61 Å². The van der Waals surface area contributed by atoms with Gasteiger partial charge in [0.05, 0.1) is 26.0 Å². The van der Waals surface area contributed by atoms with Crippen LogP contribution in [-0.2, 0) is 16.1 Å². The Kier molecular flexibility index (Phi) is 5.73. The van der Waals surface area contributed by atoms with Gasteiger partial charge in [0.2, 0.25) is 0 Å². The van der Waals surface area contributed by atoms with Gasteiger partial charge in [0.1, 0.15) is 18.0 Å². The molecule has 0 saturated carbocycles. The lowest BCUT2D eigenvalue weighted by atomic mass is 10.2. The summed E-state index contributed by atoms with van der Waals surface area (Å²) in [6, 6.07) is 3.43. The molecule has 1 fully saturated rings. The molecule has 0 bridgehead atoms. The summed E-state index contributed by atoms with van der Waals surface area (Å²) in [5.41, 5.74) is 0.334. The monoisotopic (exact) mass is 344 g/mol. The van der Waals surface area contributed by atoms with Gasteiger partial charge in [-0.25, -0.2) is 14.8 Å². The molecule has 0 N–H and O–H groups in total. The number of rotatable bonds is 6. The Morgan fingerprint density at radius 1 is 1.28 bits per heavy atom. The van der Waals surface area contributed by atoms with Crippen LogP contribution in [0, 0.1) is 0 Å². The molecule has 1 aliphatic rings. The molecule has 8 heteroatoms. The van der Waals surface area contributed by atoms with Crippen LogP contribution in [-0.4, -0.2) is 53.8 Å². The number of hydrogen-bond donors (Lipinski definition) is 0. The number of anilines is 1. The van der Waals surface area contributed by atoms with Crippen LogP contribution in [0.3, 0.4) is 0 Å². The molecule has 3 rings (SSSR count). The van der Waals surface area contributed by atoms with Gasteiger partial charge >= 0.3 is 5.97 Å².